The van der Waals surface area contributed by atoms with E-state index in [9.17, 15) is 4.39 Å². The summed E-state index contributed by atoms with van der Waals surface area (Å²) in [6.07, 6.45) is 3.46. The molecule has 0 unspecified atom stereocenters. The molecule has 2 atom stereocenters. The van der Waals surface area contributed by atoms with E-state index in [-0.39, 0.29) is 11.9 Å². The average Bonchev–Trinajstić information content (AvgIpc) is 2.63. The zero-order chi connectivity index (χ0) is 17.9. The fourth-order valence-corrected chi connectivity index (χ4v) is 3.68. The molecule has 0 aliphatic carbocycles. The Hall–Kier alpha value is -1.49. The first kappa shape index (κ1) is 18.3. The summed E-state index contributed by atoms with van der Waals surface area (Å²) in [6, 6.07) is 15.3. The second-order valence-electron chi connectivity index (χ2n) is 6.56. The van der Waals surface area contributed by atoms with Crippen molar-refractivity contribution in [2.45, 2.75) is 31.4 Å². The van der Waals surface area contributed by atoms with Crippen LogP contribution in [0.25, 0.3) is 0 Å². The number of halogens is 2. The molecule has 1 saturated heterocycles. The van der Waals surface area contributed by atoms with Crippen LogP contribution in [0.15, 0.2) is 65.7 Å². The fraction of sp³-hybridized carbons (Fsp3) is 0.333. The van der Waals surface area contributed by atoms with E-state index in [4.69, 9.17) is 4.74 Å². The van der Waals surface area contributed by atoms with Gasteiger partial charge in [-0.3, -0.25) is 4.90 Å². The van der Waals surface area contributed by atoms with Crippen molar-refractivity contribution in [3.63, 3.8) is 0 Å². The Morgan fingerprint density at radius 3 is 2.48 bits per heavy atom. The molecule has 0 bridgehead atoms. The lowest BCUT2D eigenvalue weighted by molar-refractivity contribution is -0.152. The molecule has 0 radical (unpaired) electrons. The lowest BCUT2D eigenvalue weighted by atomic mass is 9.85. The third kappa shape index (κ3) is 4.02. The smallest absolute Gasteiger partial charge is 0.123 e. The van der Waals surface area contributed by atoms with Gasteiger partial charge in [0, 0.05) is 17.1 Å². The van der Waals surface area contributed by atoms with Crippen molar-refractivity contribution in [3.8, 4) is 0 Å². The van der Waals surface area contributed by atoms with Crippen LogP contribution >= 0.6 is 15.9 Å². The predicted octanol–water partition coefficient (Wildman–Crippen LogP) is 5.80. The van der Waals surface area contributed by atoms with Crippen LogP contribution in [-0.2, 0) is 10.3 Å². The maximum absolute atomic E-state index is 13.3. The van der Waals surface area contributed by atoms with E-state index >= 15 is 0 Å². The molecular weight excluding hydrogens is 381 g/mol. The Morgan fingerprint density at radius 1 is 1.24 bits per heavy atom. The molecule has 0 spiro atoms. The van der Waals surface area contributed by atoms with E-state index < -0.39 is 5.60 Å². The van der Waals surface area contributed by atoms with Gasteiger partial charge in [0.05, 0.1) is 5.60 Å². The minimum atomic E-state index is -0.411. The summed E-state index contributed by atoms with van der Waals surface area (Å²) in [5.41, 5.74) is 1.88. The summed E-state index contributed by atoms with van der Waals surface area (Å²) in [5.74, 6) is -0.223. The second-order valence-corrected chi connectivity index (χ2v) is 7.47. The molecule has 132 valence electrons. The van der Waals surface area contributed by atoms with Crippen molar-refractivity contribution >= 4 is 15.9 Å². The number of ether oxygens (including phenoxy) is 1. The van der Waals surface area contributed by atoms with Gasteiger partial charge < -0.3 is 4.74 Å². The minimum absolute atomic E-state index is 0.223. The van der Waals surface area contributed by atoms with Crippen molar-refractivity contribution in [1.29, 1.82) is 0 Å². The zero-order valence-electron chi connectivity index (χ0n) is 14.4. The molecule has 2 nitrogen and oxygen atoms in total. The molecule has 25 heavy (non-hydrogen) atoms. The van der Waals surface area contributed by atoms with Crippen LogP contribution in [0.5, 0.6) is 0 Å². The Labute approximate surface area is 157 Å². The van der Waals surface area contributed by atoms with Gasteiger partial charge in [-0.15, -0.1) is 6.58 Å². The largest absolute Gasteiger partial charge is 0.355 e. The van der Waals surface area contributed by atoms with Crippen LogP contribution in [0.3, 0.4) is 0 Å². The molecular formula is C21H23BrFNO. The van der Waals surface area contributed by atoms with Crippen molar-refractivity contribution in [2.24, 2.45) is 0 Å². The van der Waals surface area contributed by atoms with Gasteiger partial charge >= 0.3 is 0 Å². The Kier molecular flexibility index (Phi) is 5.72. The summed E-state index contributed by atoms with van der Waals surface area (Å²) >= 11 is 3.48. The highest BCUT2D eigenvalue weighted by molar-refractivity contribution is 9.10. The van der Waals surface area contributed by atoms with Crippen LogP contribution < -0.4 is 0 Å². The maximum atomic E-state index is 13.3. The van der Waals surface area contributed by atoms with Crippen LogP contribution in [-0.4, -0.2) is 18.2 Å². The molecule has 0 amide bonds. The van der Waals surface area contributed by atoms with E-state index in [2.05, 4.69) is 58.6 Å². The van der Waals surface area contributed by atoms with Crippen LogP contribution in [0.2, 0.25) is 0 Å². The Balaban J connectivity index is 1.74. The highest BCUT2D eigenvalue weighted by Crippen LogP contribution is 2.39. The highest BCUT2D eigenvalue weighted by atomic mass is 79.9. The van der Waals surface area contributed by atoms with E-state index in [0.717, 1.165) is 29.4 Å². The quantitative estimate of drug-likeness (QED) is 0.584. The van der Waals surface area contributed by atoms with Gasteiger partial charge in [-0.05, 0) is 55.2 Å². The molecule has 1 aliphatic rings. The number of nitrogens with zero attached hydrogens (tertiary/aromatic N) is 1. The molecule has 0 N–H and O–H groups in total. The van der Waals surface area contributed by atoms with Gasteiger partial charge in [0.2, 0.25) is 0 Å². The van der Waals surface area contributed by atoms with Crippen LogP contribution in [0.4, 0.5) is 4.39 Å². The van der Waals surface area contributed by atoms with E-state index in [1.807, 2.05) is 18.2 Å². The van der Waals surface area contributed by atoms with E-state index in [1.54, 1.807) is 0 Å². The first-order valence-electron chi connectivity index (χ1n) is 8.54. The maximum Gasteiger partial charge on any atom is 0.123 e. The van der Waals surface area contributed by atoms with E-state index in [1.165, 1.54) is 17.7 Å². The number of hydrogen-bond acceptors (Lipinski definition) is 2. The molecule has 2 aromatic rings. The number of rotatable bonds is 5. The normalized spacial score (nSPS) is 22.5. The third-order valence-corrected chi connectivity index (χ3v) is 5.58. The molecule has 0 saturated carbocycles. The van der Waals surface area contributed by atoms with Crippen LogP contribution in [0.1, 0.15) is 36.9 Å². The van der Waals surface area contributed by atoms with Gasteiger partial charge in [-0.25, -0.2) is 4.39 Å². The Bertz CT molecular complexity index is 706. The molecule has 4 heteroatoms. The summed E-state index contributed by atoms with van der Waals surface area (Å²) < 4.78 is 20.7. The Morgan fingerprint density at radius 2 is 1.92 bits per heavy atom. The van der Waals surface area contributed by atoms with Gasteiger partial charge in [0.15, 0.2) is 0 Å². The van der Waals surface area contributed by atoms with Gasteiger partial charge in [0.1, 0.15) is 12.5 Å². The summed E-state index contributed by atoms with van der Waals surface area (Å²) in [5, 5.41) is 0. The topological polar surface area (TPSA) is 12.5 Å². The number of hydrogen-bond donors (Lipinski definition) is 0. The predicted molar refractivity (Wildman–Crippen MR) is 103 cm³/mol. The standard InChI is InChI=1S/C21H23BrFNO/c1-3-12-21(18-6-10-20(23)11-7-18)13-14-24(15-25-21)16(2)17-4-8-19(22)9-5-17/h3-11,16H,1,12-15H2,2H3/t16-,21+/m0/s1. The molecule has 0 aromatic heterocycles. The fourth-order valence-electron chi connectivity index (χ4n) is 3.42. The number of benzene rings is 2. The minimum Gasteiger partial charge on any atom is -0.355 e. The van der Waals surface area contributed by atoms with Crippen molar-refractivity contribution in [1.82, 2.24) is 4.90 Å². The first-order valence-corrected chi connectivity index (χ1v) is 9.34. The van der Waals surface area contributed by atoms with Gasteiger partial charge in [0.25, 0.3) is 0 Å². The van der Waals surface area contributed by atoms with Gasteiger partial charge in [-0.2, -0.15) is 0 Å². The van der Waals surface area contributed by atoms with Crippen LogP contribution in [0, 0.1) is 5.82 Å². The monoisotopic (exact) mass is 403 g/mol. The average molecular weight is 404 g/mol. The van der Waals surface area contributed by atoms with Crippen molar-refractivity contribution < 1.29 is 9.13 Å². The molecule has 3 rings (SSSR count). The van der Waals surface area contributed by atoms with Crippen molar-refractivity contribution in [3.05, 3.63) is 82.6 Å². The second kappa shape index (κ2) is 7.81. The summed E-state index contributed by atoms with van der Waals surface area (Å²) in [6.45, 7) is 7.54. The first-order chi connectivity index (χ1) is 12.0. The molecule has 1 heterocycles. The van der Waals surface area contributed by atoms with Gasteiger partial charge in [-0.1, -0.05) is 46.3 Å². The highest BCUT2D eigenvalue weighted by Gasteiger charge is 2.37. The van der Waals surface area contributed by atoms with E-state index in [0.29, 0.717) is 6.73 Å². The molecule has 1 aliphatic heterocycles. The lowest BCUT2D eigenvalue weighted by Gasteiger charge is -2.44. The third-order valence-electron chi connectivity index (χ3n) is 5.05. The SMILES string of the molecule is C=CC[C@]1(c2ccc(F)cc2)CCN([C@@H](C)c2ccc(Br)cc2)CO1. The zero-order valence-corrected chi connectivity index (χ0v) is 16.0. The van der Waals surface area contributed by atoms with Crippen molar-refractivity contribution in [2.75, 3.05) is 13.3 Å². The molecule has 1 fully saturated rings. The lowest BCUT2D eigenvalue weighted by Crippen LogP contribution is -2.45. The summed E-state index contributed by atoms with van der Waals surface area (Å²) in [7, 11) is 0. The molecule has 2 aromatic carbocycles. The summed E-state index contributed by atoms with van der Waals surface area (Å²) in [4.78, 5) is 2.33.